The average molecular weight is 144 g/mol. The number of hydrogen-bond donors (Lipinski definition) is 0. The Labute approximate surface area is 45.7 Å². The van der Waals surface area contributed by atoms with E-state index in [4.69, 9.17) is 0 Å². The maximum Gasteiger partial charge on any atom is 0.231 e. The predicted molar refractivity (Wildman–Crippen MR) is 28.2 cm³/mol. The van der Waals surface area contributed by atoms with Gasteiger partial charge in [-0.2, -0.15) is 0 Å². The van der Waals surface area contributed by atoms with Crippen LogP contribution >= 0.6 is 11.2 Å². The van der Waals surface area contributed by atoms with E-state index in [0.717, 1.165) is 0 Å². The predicted octanol–water partition coefficient (Wildman–Crippen LogP) is 0.954. The molecule has 5 heteroatoms. The molecule has 0 heterocycles. The molecule has 0 aromatic carbocycles. The van der Waals surface area contributed by atoms with Crippen molar-refractivity contribution in [1.29, 1.82) is 0 Å². The van der Waals surface area contributed by atoms with E-state index in [1.807, 2.05) is 0 Å². The van der Waals surface area contributed by atoms with Crippen molar-refractivity contribution in [1.82, 2.24) is 0 Å². The lowest BCUT2D eigenvalue weighted by Crippen LogP contribution is -1.92. The largest absolute Gasteiger partial charge is 0.231 e. The molecular formula is C2H5FO2S2. The highest BCUT2D eigenvalue weighted by molar-refractivity contribution is 8.69. The lowest BCUT2D eigenvalue weighted by Gasteiger charge is -1.84. The zero-order valence-electron chi connectivity index (χ0n) is 3.72. The maximum atomic E-state index is 11.1. The van der Waals surface area contributed by atoms with Gasteiger partial charge in [-0.3, -0.25) is 0 Å². The van der Waals surface area contributed by atoms with Crippen LogP contribution in [0.15, 0.2) is 0 Å². The SMILES string of the molecule is CCS(=O)(=O)SF. The van der Waals surface area contributed by atoms with Gasteiger partial charge < -0.3 is 0 Å². The third-order valence-corrected chi connectivity index (χ3v) is 2.63. The molecule has 0 aliphatic heterocycles. The van der Waals surface area contributed by atoms with Gasteiger partial charge in [-0.05, 0) is 0 Å². The van der Waals surface area contributed by atoms with Crippen LogP contribution in [0.2, 0.25) is 0 Å². The van der Waals surface area contributed by atoms with Gasteiger partial charge in [0, 0.05) is 0 Å². The molecule has 0 bridgehead atoms. The third kappa shape index (κ3) is 2.87. The molecule has 0 unspecified atom stereocenters. The fraction of sp³-hybridized carbons (Fsp3) is 1.00. The first kappa shape index (κ1) is 7.23. The molecule has 0 N–H and O–H groups in total. The van der Waals surface area contributed by atoms with Gasteiger partial charge >= 0.3 is 0 Å². The summed E-state index contributed by atoms with van der Waals surface area (Å²) in [6, 6.07) is 0. The minimum Gasteiger partial charge on any atom is -0.215 e. The minimum absolute atomic E-state index is 0.145. The Morgan fingerprint density at radius 1 is 1.71 bits per heavy atom. The average Bonchev–Trinajstić information content (AvgIpc) is 1.68. The molecule has 0 aliphatic carbocycles. The van der Waals surface area contributed by atoms with Crippen molar-refractivity contribution in [3.63, 3.8) is 0 Å². The Bertz CT molecular complexity index is 117. The van der Waals surface area contributed by atoms with E-state index in [1.54, 1.807) is 0 Å². The summed E-state index contributed by atoms with van der Waals surface area (Å²) in [4.78, 5) is 0. The van der Waals surface area contributed by atoms with Crippen molar-refractivity contribution in [2.75, 3.05) is 5.75 Å². The van der Waals surface area contributed by atoms with E-state index < -0.39 is 20.0 Å². The summed E-state index contributed by atoms with van der Waals surface area (Å²) >= 11 is -0.601. The lowest BCUT2D eigenvalue weighted by atomic mass is 11.0. The standard InChI is InChI=1S/C2H5FO2S2/c1-2-7(4,5)6-3/h2H2,1H3. The van der Waals surface area contributed by atoms with Crippen molar-refractivity contribution < 1.29 is 12.3 Å². The van der Waals surface area contributed by atoms with Gasteiger partial charge in [-0.1, -0.05) is 6.92 Å². The molecule has 0 aromatic rings. The van der Waals surface area contributed by atoms with Crippen molar-refractivity contribution in [2.45, 2.75) is 6.92 Å². The minimum atomic E-state index is -3.41. The molecule has 0 spiro atoms. The van der Waals surface area contributed by atoms with Crippen molar-refractivity contribution in [2.24, 2.45) is 0 Å². The highest BCUT2D eigenvalue weighted by atomic mass is 33.2. The van der Waals surface area contributed by atoms with E-state index in [-0.39, 0.29) is 5.75 Å². The fourth-order valence-electron chi connectivity index (χ4n) is 0.0445. The molecule has 0 rings (SSSR count). The van der Waals surface area contributed by atoms with E-state index in [0.29, 0.717) is 0 Å². The van der Waals surface area contributed by atoms with E-state index in [9.17, 15) is 12.3 Å². The molecule has 44 valence electrons. The first-order chi connectivity index (χ1) is 3.12. The molecule has 0 aromatic heterocycles. The molecule has 0 saturated heterocycles. The van der Waals surface area contributed by atoms with Gasteiger partial charge in [-0.25, -0.2) is 8.42 Å². The van der Waals surface area contributed by atoms with Gasteiger partial charge in [0.25, 0.3) is 0 Å². The van der Waals surface area contributed by atoms with Crippen LogP contribution in [0.5, 0.6) is 0 Å². The van der Waals surface area contributed by atoms with Crippen LogP contribution in [0.1, 0.15) is 6.92 Å². The molecule has 0 fully saturated rings. The second kappa shape index (κ2) is 2.52. The van der Waals surface area contributed by atoms with Gasteiger partial charge in [0.05, 0.1) is 5.75 Å². The molecule has 0 saturated carbocycles. The van der Waals surface area contributed by atoms with Crippen LogP contribution in [-0.2, 0) is 8.87 Å². The second-order valence-corrected chi connectivity index (χ2v) is 4.63. The fourth-order valence-corrected chi connectivity index (χ4v) is 0.401. The molecule has 0 amide bonds. The molecule has 0 radical (unpaired) electrons. The third-order valence-electron chi connectivity index (χ3n) is 0.450. The quantitative estimate of drug-likeness (QED) is 0.541. The molecule has 2 nitrogen and oxygen atoms in total. The summed E-state index contributed by atoms with van der Waals surface area (Å²) in [5.74, 6) is -0.145. The van der Waals surface area contributed by atoms with E-state index in [2.05, 4.69) is 0 Å². The Morgan fingerprint density at radius 3 is 2.14 bits per heavy atom. The van der Waals surface area contributed by atoms with Crippen molar-refractivity contribution in [3.8, 4) is 0 Å². The van der Waals surface area contributed by atoms with Gasteiger partial charge in [-0.15, -0.1) is 3.89 Å². The zero-order chi connectivity index (χ0) is 5.91. The molecule has 0 atom stereocenters. The van der Waals surface area contributed by atoms with Crippen LogP contribution in [0.4, 0.5) is 3.89 Å². The van der Waals surface area contributed by atoms with Gasteiger partial charge in [0.15, 0.2) is 11.2 Å². The number of halogens is 1. The Morgan fingerprint density at radius 2 is 2.14 bits per heavy atom. The Kier molecular flexibility index (Phi) is 2.60. The van der Waals surface area contributed by atoms with Gasteiger partial charge in [0.2, 0.25) is 8.87 Å². The van der Waals surface area contributed by atoms with E-state index in [1.165, 1.54) is 6.92 Å². The Hall–Kier alpha value is 0.230. The summed E-state index contributed by atoms with van der Waals surface area (Å²) in [7, 11) is -3.41. The lowest BCUT2D eigenvalue weighted by molar-refractivity contribution is 0.610. The summed E-state index contributed by atoms with van der Waals surface area (Å²) in [5.41, 5.74) is 0. The molecule has 0 aliphatic rings. The first-order valence-corrected chi connectivity index (χ1v) is 4.54. The summed E-state index contributed by atoms with van der Waals surface area (Å²) in [5, 5.41) is 0. The topological polar surface area (TPSA) is 34.1 Å². The first-order valence-electron chi connectivity index (χ1n) is 1.65. The number of rotatable bonds is 2. The van der Waals surface area contributed by atoms with Crippen molar-refractivity contribution in [3.05, 3.63) is 0 Å². The van der Waals surface area contributed by atoms with Crippen LogP contribution in [-0.4, -0.2) is 14.2 Å². The van der Waals surface area contributed by atoms with Crippen LogP contribution in [0.25, 0.3) is 0 Å². The maximum absolute atomic E-state index is 11.1. The van der Waals surface area contributed by atoms with Crippen LogP contribution in [0, 0.1) is 0 Å². The molecule has 7 heavy (non-hydrogen) atoms. The zero-order valence-corrected chi connectivity index (χ0v) is 5.35. The van der Waals surface area contributed by atoms with Crippen molar-refractivity contribution >= 4 is 20.0 Å². The van der Waals surface area contributed by atoms with E-state index >= 15 is 0 Å². The molecular weight excluding hydrogens is 139 g/mol. The normalized spacial score (nSPS) is 11.7. The van der Waals surface area contributed by atoms with Gasteiger partial charge in [0.1, 0.15) is 0 Å². The second-order valence-electron chi connectivity index (χ2n) is 0.909. The summed E-state index contributed by atoms with van der Waals surface area (Å²) in [6.07, 6.45) is 0. The Balaban J connectivity index is 3.89. The monoisotopic (exact) mass is 144 g/mol. The smallest absolute Gasteiger partial charge is 0.215 e. The highest BCUT2D eigenvalue weighted by Crippen LogP contribution is 2.11. The summed E-state index contributed by atoms with van der Waals surface area (Å²) in [6.45, 7) is 1.39. The highest BCUT2D eigenvalue weighted by Gasteiger charge is 2.05. The number of hydrogen-bond acceptors (Lipinski definition) is 3. The summed E-state index contributed by atoms with van der Waals surface area (Å²) < 4.78 is 31.0. The van der Waals surface area contributed by atoms with Crippen LogP contribution < -0.4 is 0 Å². The van der Waals surface area contributed by atoms with Crippen LogP contribution in [0.3, 0.4) is 0 Å².